The Hall–Kier alpha value is -4.14. The van der Waals surface area contributed by atoms with Crippen molar-refractivity contribution < 1.29 is 41.9 Å². The van der Waals surface area contributed by atoms with Crippen LogP contribution in [0.4, 0.5) is 9.59 Å². The number of rotatable bonds is 7. The number of benzene rings is 1. The first-order chi connectivity index (χ1) is 24.0. The summed E-state index contributed by atoms with van der Waals surface area (Å²) in [6, 6.07) is 3.76. The second kappa shape index (κ2) is 13.8. The number of hydrogen-bond acceptors (Lipinski definition) is 9. The molecule has 3 heterocycles. The molecule has 1 saturated heterocycles. The largest absolute Gasteiger partial charge is 0.449 e. The standard InChI is InChI=1S/C36H49N5O9S/c1-6-24-16-36(24,32(44)39-51(47,48)26-12-13-26)38-30(42)28-15-25-18-41(28)31(43)29(21(2)3)37-33(45)49-20-35(4,5)14-8-11-22-9-7-10-23-17-40(19-27(22)23)34(46)50-25/h6-7,9-10,21,24-26,28-29H,1,8,11-20H2,2-5H3,(H,37,45)(H,38,42)(H,39,44)/t24-,25-,28+,29+,36+/m1/s1. The predicted molar refractivity (Wildman–Crippen MR) is 185 cm³/mol. The van der Waals surface area contributed by atoms with Crippen molar-refractivity contribution in [2.45, 2.75) is 115 Å². The fourth-order valence-corrected chi connectivity index (χ4v) is 8.78. The van der Waals surface area contributed by atoms with Crippen LogP contribution in [-0.4, -0.2) is 90.3 Å². The minimum Gasteiger partial charge on any atom is -0.449 e. The second-order valence-corrected chi connectivity index (χ2v) is 17.8. The van der Waals surface area contributed by atoms with Crippen molar-refractivity contribution in [1.82, 2.24) is 25.2 Å². The quantitative estimate of drug-likeness (QED) is 0.356. The van der Waals surface area contributed by atoms with Gasteiger partial charge < -0.3 is 25.0 Å². The second-order valence-electron chi connectivity index (χ2n) is 15.8. The molecule has 4 bridgehead atoms. The zero-order valence-electron chi connectivity index (χ0n) is 29.7. The Labute approximate surface area is 299 Å². The Bertz CT molecular complexity index is 1720. The molecular formula is C36H49N5O9S. The number of alkyl carbamates (subject to hydrolysis) is 1. The number of ether oxygens (including phenoxy) is 2. The van der Waals surface area contributed by atoms with Gasteiger partial charge in [-0.1, -0.05) is 52.0 Å². The highest BCUT2D eigenvalue weighted by Gasteiger charge is 2.62. The van der Waals surface area contributed by atoms with Gasteiger partial charge in [0.25, 0.3) is 5.91 Å². The molecule has 3 fully saturated rings. The number of nitrogens with zero attached hydrogens (tertiary/aromatic N) is 2. The first-order valence-electron chi connectivity index (χ1n) is 17.8. The molecule has 5 aliphatic rings. The fourth-order valence-electron chi connectivity index (χ4n) is 7.42. The molecule has 5 amide bonds. The lowest BCUT2D eigenvalue weighted by Gasteiger charge is -2.31. The van der Waals surface area contributed by atoms with E-state index in [-0.39, 0.29) is 31.4 Å². The van der Waals surface area contributed by atoms with Crippen LogP contribution in [0.1, 0.15) is 82.9 Å². The molecule has 6 rings (SSSR count). The van der Waals surface area contributed by atoms with Crippen LogP contribution < -0.4 is 15.4 Å². The molecule has 2 saturated carbocycles. The van der Waals surface area contributed by atoms with E-state index in [0.29, 0.717) is 25.9 Å². The summed E-state index contributed by atoms with van der Waals surface area (Å²) < 4.78 is 39.0. The normalized spacial score (nSPS) is 29.5. The van der Waals surface area contributed by atoms with Crippen molar-refractivity contribution in [2.24, 2.45) is 17.3 Å². The third-order valence-electron chi connectivity index (χ3n) is 10.8. The first kappa shape index (κ1) is 36.6. The van der Waals surface area contributed by atoms with Crippen LogP contribution in [0.3, 0.4) is 0 Å². The van der Waals surface area contributed by atoms with E-state index < -0.39 is 80.7 Å². The average Bonchev–Trinajstić information content (AvgIpc) is 3.96. The van der Waals surface area contributed by atoms with Gasteiger partial charge in [-0.05, 0) is 66.5 Å². The van der Waals surface area contributed by atoms with E-state index >= 15 is 0 Å². The maximum Gasteiger partial charge on any atom is 0.410 e. The summed E-state index contributed by atoms with van der Waals surface area (Å²) in [5.74, 6) is -3.10. The van der Waals surface area contributed by atoms with Crippen LogP contribution in [0.2, 0.25) is 0 Å². The van der Waals surface area contributed by atoms with E-state index in [1.807, 2.05) is 26.0 Å². The molecule has 5 atom stereocenters. The molecule has 1 aromatic rings. The zero-order chi connectivity index (χ0) is 36.9. The molecule has 278 valence electrons. The Morgan fingerprint density at radius 3 is 2.51 bits per heavy atom. The Morgan fingerprint density at radius 2 is 1.84 bits per heavy atom. The number of hydrogen-bond donors (Lipinski definition) is 3. The summed E-state index contributed by atoms with van der Waals surface area (Å²) in [4.78, 5) is 71.3. The topological polar surface area (TPSA) is 181 Å². The van der Waals surface area contributed by atoms with Crippen LogP contribution in [0.25, 0.3) is 0 Å². The van der Waals surface area contributed by atoms with Gasteiger partial charge in [0, 0.05) is 25.4 Å². The highest BCUT2D eigenvalue weighted by Crippen LogP contribution is 2.45. The summed E-state index contributed by atoms with van der Waals surface area (Å²) in [6.45, 7) is 12.0. The van der Waals surface area contributed by atoms with E-state index in [9.17, 15) is 32.4 Å². The van der Waals surface area contributed by atoms with E-state index in [2.05, 4.69) is 28.0 Å². The van der Waals surface area contributed by atoms with Crippen molar-refractivity contribution >= 4 is 39.9 Å². The molecule has 0 radical (unpaired) electrons. The van der Waals surface area contributed by atoms with Crippen molar-refractivity contribution in [3.8, 4) is 0 Å². The van der Waals surface area contributed by atoms with Gasteiger partial charge >= 0.3 is 12.2 Å². The van der Waals surface area contributed by atoms with E-state index in [1.165, 1.54) is 11.0 Å². The van der Waals surface area contributed by atoms with Gasteiger partial charge in [-0.2, -0.15) is 0 Å². The monoisotopic (exact) mass is 727 g/mol. The zero-order valence-corrected chi connectivity index (χ0v) is 30.6. The van der Waals surface area contributed by atoms with Crippen molar-refractivity contribution in [3.63, 3.8) is 0 Å². The Morgan fingerprint density at radius 1 is 1.12 bits per heavy atom. The summed E-state index contributed by atoms with van der Waals surface area (Å²) in [7, 11) is -3.90. The van der Waals surface area contributed by atoms with Crippen molar-refractivity contribution in [2.75, 3.05) is 13.2 Å². The lowest BCUT2D eigenvalue weighted by atomic mass is 9.86. The number of nitrogens with one attached hydrogen (secondary N) is 3. The molecule has 3 N–H and O–H groups in total. The third kappa shape index (κ3) is 7.73. The van der Waals surface area contributed by atoms with Gasteiger partial charge in [-0.3, -0.25) is 24.0 Å². The number of carbonyl (C=O) groups excluding carboxylic acids is 5. The molecule has 2 aliphatic carbocycles. The van der Waals surface area contributed by atoms with E-state index in [0.717, 1.165) is 36.0 Å². The minimum absolute atomic E-state index is 0.0738. The molecule has 1 aromatic carbocycles. The number of fused-ring (bicyclic) bond motifs is 3. The van der Waals surface area contributed by atoms with Gasteiger partial charge in [-0.15, -0.1) is 6.58 Å². The number of aryl methyl sites for hydroxylation is 1. The van der Waals surface area contributed by atoms with Crippen LogP contribution in [0.15, 0.2) is 30.9 Å². The van der Waals surface area contributed by atoms with Gasteiger partial charge in [0.05, 0.1) is 18.4 Å². The maximum absolute atomic E-state index is 14.2. The van der Waals surface area contributed by atoms with Crippen molar-refractivity contribution in [3.05, 3.63) is 47.5 Å². The number of amides is 5. The molecule has 15 heteroatoms. The lowest BCUT2D eigenvalue weighted by molar-refractivity contribution is -0.141. The third-order valence-corrected chi connectivity index (χ3v) is 12.6. The van der Waals surface area contributed by atoms with Crippen LogP contribution in [0, 0.1) is 17.3 Å². The Balaban J connectivity index is 1.27. The fraction of sp³-hybridized carbons (Fsp3) is 0.639. The number of cyclic esters (lactones) is 1. The lowest BCUT2D eigenvalue weighted by Crippen LogP contribution is -2.59. The SMILES string of the molecule is C=C[C@@H]1C[C@@]1(NC(=O)[C@@H]1C[C@@H]2CN1C(=O)[C@H](C(C)C)NC(=O)OCC(C)(C)CCCc1cccc3c1CN(C3)C(=O)O2)C(=O)NS(=O)(=O)C1CC1. The van der Waals surface area contributed by atoms with Gasteiger partial charge in [0.2, 0.25) is 21.8 Å². The molecule has 0 aromatic heterocycles. The highest BCUT2D eigenvalue weighted by molar-refractivity contribution is 7.91. The first-order valence-corrected chi connectivity index (χ1v) is 19.4. The van der Waals surface area contributed by atoms with Crippen LogP contribution in [0.5, 0.6) is 0 Å². The summed E-state index contributed by atoms with van der Waals surface area (Å²) in [5, 5.41) is 4.78. The van der Waals surface area contributed by atoms with Gasteiger partial charge in [0.1, 0.15) is 23.7 Å². The molecule has 51 heavy (non-hydrogen) atoms. The summed E-state index contributed by atoms with van der Waals surface area (Å²) in [5.41, 5.74) is 1.34. The van der Waals surface area contributed by atoms with Gasteiger partial charge in [0.15, 0.2) is 0 Å². The highest BCUT2D eigenvalue weighted by atomic mass is 32.2. The van der Waals surface area contributed by atoms with Crippen LogP contribution in [-0.2, 0) is 53.4 Å². The maximum atomic E-state index is 14.2. The van der Waals surface area contributed by atoms with Crippen molar-refractivity contribution in [1.29, 1.82) is 0 Å². The molecular weight excluding hydrogens is 678 g/mol. The van der Waals surface area contributed by atoms with E-state index in [4.69, 9.17) is 9.47 Å². The molecule has 14 nitrogen and oxygen atoms in total. The van der Waals surface area contributed by atoms with E-state index in [1.54, 1.807) is 18.7 Å². The summed E-state index contributed by atoms with van der Waals surface area (Å²) >= 11 is 0. The molecule has 0 unspecified atom stereocenters. The number of carbonyl (C=O) groups is 5. The molecule has 3 aliphatic heterocycles. The smallest absolute Gasteiger partial charge is 0.410 e. The minimum atomic E-state index is -3.90. The summed E-state index contributed by atoms with van der Waals surface area (Å²) in [6.07, 6.45) is 2.63. The Kier molecular flexibility index (Phi) is 9.90. The molecule has 0 spiro atoms. The van der Waals surface area contributed by atoms with Crippen LogP contribution >= 0.6 is 0 Å². The predicted octanol–water partition coefficient (Wildman–Crippen LogP) is 2.89. The van der Waals surface area contributed by atoms with Gasteiger partial charge in [-0.25, -0.2) is 18.0 Å². The number of sulfonamides is 1. The average molecular weight is 728 g/mol.